The molecule has 3 N–H and O–H groups in total. The van der Waals surface area contributed by atoms with Crippen molar-refractivity contribution in [1.29, 1.82) is 0 Å². The van der Waals surface area contributed by atoms with E-state index in [1.807, 2.05) is 0 Å². The standard InChI is InChI=1S/C24H21N3O6/c28-19-7-1-16(2-8-19)13-31-22-25-23(32-14-17-3-9-20(29)10-4-17)27-24(26-22)33-15-18-5-11-21(30)12-6-18/h1-12,28-30H,13-15H2. The summed E-state index contributed by atoms with van der Waals surface area (Å²) in [7, 11) is 0. The van der Waals surface area contributed by atoms with Crippen LogP contribution < -0.4 is 14.2 Å². The average Bonchev–Trinajstić information content (AvgIpc) is 2.83. The van der Waals surface area contributed by atoms with Crippen molar-refractivity contribution in [3.05, 3.63) is 89.5 Å². The van der Waals surface area contributed by atoms with Crippen LogP contribution in [0.25, 0.3) is 0 Å². The van der Waals surface area contributed by atoms with E-state index in [0.29, 0.717) is 0 Å². The van der Waals surface area contributed by atoms with Gasteiger partial charge in [0.2, 0.25) is 0 Å². The van der Waals surface area contributed by atoms with Crippen LogP contribution in [0.15, 0.2) is 72.8 Å². The first kappa shape index (κ1) is 21.7. The van der Waals surface area contributed by atoms with Gasteiger partial charge in [0.25, 0.3) is 0 Å². The van der Waals surface area contributed by atoms with E-state index in [2.05, 4.69) is 15.0 Å². The van der Waals surface area contributed by atoms with Crippen molar-refractivity contribution < 1.29 is 29.5 Å². The molecule has 0 spiro atoms. The number of benzene rings is 3. The molecule has 0 unspecified atom stereocenters. The Kier molecular flexibility index (Phi) is 6.70. The number of hydrogen-bond donors (Lipinski definition) is 3. The van der Waals surface area contributed by atoms with Gasteiger partial charge in [-0.05, 0) is 53.1 Å². The molecular weight excluding hydrogens is 426 g/mol. The fourth-order valence-corrected chi connectivity index (χ4v) is 2.73. The van der Waals surface area contributed by atoms with Gasteiger partial charge in [-0.3, -0.25) is 0 Å². The highest BCUT2D eigenvalue weighted by Crippen LogP contribution is 2.20. The van der Waals surface area contributed by atoms with Gasteiger partial charge in [-0.2, -0.15) is 0 Å². The van der Waals surface area contributed by atoms with Crippen molar-refractivity contribution in [2.75, 3.05) is 0 Å². The SMILES string of the molecule is Oc1ccc(COc2nc(OCc3ccc(O)cc3)nc(OCc3ccc(O)cc3)n2)cc1. The number of rotatable bonds is 9. The first-order valence-corrected chi connectivity index (χ1v) is 10.0. The number of phenols is 3. The molecule has 0 saturated heterocycles. The van der Waals surface area contributed by atoms with Crippen LogP contribution in [0.5, 0.6) is 35.3 Å². The fourth-order valence-electron chi connectivity index (χ4n) is 2.73. The zero-order valence-corrected chi connectivity index (χ0v) is 17.5. The van der Waals surface area contributed by atoms with Crippen LogP contribution in [0.3, 0.4) is 0 Å². The van der Waals surface area contributed by atoms with Gasteiger partial charge >= 0.3 is 18.0 Å². The first-order chi connectivity index (χ1) is 16.0. The summed E-state index contributed by atoms with van der Waals surface area (Å²) in [5.74, 6) is 0.483. The van der Waals surface area contributed by atoms with Gasteiger partial charge in [-0.25, -0.2) is 0 Å². The molecule has 0 aliphatic carbocycles. The molecule has 0 aliphatic heterocycles. The van der Waals surface area contributed by atoms with Crippen molar-refractivity contribution in [1.82, 2.24) is 15.0 Å². The van der Waals surface area contributed by atoms with E-state index in [-0.39, 0.29) is 55.1 Å². The Morgan fingerprint density at radius 2 is 0.667 bits per heavy atom. The molecule has 0 atom stereocenters. The molecule has 4 rings (SSSR count). The number of aromatic nitrogens is 3. The predicted molar refractivity (Wildman–Crippen MR) is 117 cm³/mol. The van der Waals surface area contributed by atoms with Gasteiger partial charge in [0.05, 0.1) is 0 Å². The van der Waals surface area contributed by atoms with E-state index in [4.69, 9.17) is 14.2 Å². The molecule has 0 fully saturated rings. The summed E-state index contributed by atoms with van der Waals surface area (Å²) in [6, 6.07) is 19.7. The molecule has 0 aliphatic rings. The Hall–Kier alpha value is -4.53. The van der Waals surface area contributed by atoms with Gasteiger partial charge in [-0.15, -0.1) is 15.0 Å². The Labute approximate surface area is 189 Å². The molecule has 0 saturated carbocycles. The zero-order valence-electron chi connectivity index (χ0n) is 17.5. The minimum Gasteiger partial charge on any atom is -0.508 e. The summed E-state index contributed by atoms with van der Waals surface area (Å²) in [5, 5.41) is 28.2. The lowest BCUT2D eigenvalue weighted by molar-refractivity contribution is 0.223. The second-order valence-corrected chi connectivity index (χ2v) is 7.05. The van der Waals surface area contributed by atoms with Crippen LogP contribution >= 0.6 is 0 Å². The highest BCUT2D eigenvalue weighted by Gasteiger charge is 2.11. The second kappa shape index (κ2) is 10.2. The van der Waals surface area contributed by atoms with E-state index in [1.54, 1.807) is 72.8 Å². The molecule has 0 radical (unpaired) electrons. The van der Waals surface area contributed by atoms with Crippen molar-refractivity contribution in [3.63, 3.8) is 0 Å². The molecule has 1 aromatic heterocycles. The minimum atomic E-state index is 0.0134. The lowest BCUT2D eigenvalue weighted by atomic mass is 10.2. The number of aromatic hydroxyl groups is 3. The number of ether oxygens (including phenoxy) is 3. The summed E-state index contributed by atoms with van der Waals surface area (Å²) < 4.78 is 17.0. The Bertz CT molecular complexity index is 1020. The summed E-state index contributed by atoms with van der Waals surface area (Å²) in [6.45, 7) is 0.497. The molecule has 1 heterocycles. The Morgan fingerprint density at radius 1 is 0.424 bits per heavy atom. The fraction of sp³-hybridized carbons (Fsp3) is 0.125. The minimum absolute atomic E-state index is 0.0134. The van der Waals surface area contributed by atoms with Crippen molar-refractivity contribution >= 4 is 0 Å². The normalized spacial score (nSPS) is 10.5. The molecule has 0 bridgehead atoms. The molecule has 4 aromatic rings. The molecule has 168 valence electrons. The molecule has 33 heavy (non-hydrogen) atoms. The van der Waals surface area contributed by atoms with Crippen molar-refractivity contribution in [2.24, 2.45) is 0 Å². The van der Waals surface area contributed by atoms with Crippen LogP contribution in [-0.4, -0.2) is 30.3 Å². The predicted octanol–water partition coefficient (Wildman–Crippen LogP) is 3.73. The molecular formula is C24H21N3O6. The number of nitrogens with zero attached hydrogens (tertiary/aromatic N) is 3. The van der Waals surface area contributed by atoms with Crippen molar-refractivity contribution in [2.45, 2.75) is 19.8 Å². The van der Waals surface area contributed by atoms with E-state index in [9.17, 15) is 15.3 Å². The van der Waals surface area contributed by atoms with Gasteiger partial charge < -0.3 is 29.5 Å². The van der Waals surface area contributed by atoms with Crippen LogP contribution in [-0.2, 0) is 19.8 Å². The lowest BCUT2D eigenvalue weighted by Crippen LogP contribution is -2.07. The largest absolute Gasteiger partial charge is 0.508 e. The van der Waals surface area contributed by atoms with Crippen molar-refractivity contribution in [3.8, 4) is 35.3 Å². The smallest absolute Gasteiger partial charge is 0.326 e. The summed E-state index contributed by atoms with van der Waals surface area (Å²) in [4.78, 5) is 12.6. The van der Waals surface area contributed by atoms with Gasteiger partial charge in [-0.1, -0.05) is 36.4 Å². The summed E-state index contributed by atoms with van der Waals surface area (Å²) in [6.07, 6.45) is 0. The van der Waals surface area contributed by atoms with E-state index in [1.165, 1.54) is 0 Å². The van der Waals surface area contributed by atoms with Crippen LogP contribution in [0, 0.1) is 0 Å². The highest BCUT2D eigenvalue weighted by atomic mass is 16.5. The van der Waals surface area contributed by atoms with E-state index < -0.39 is 0 Å². The number of phenolic OH excluding ortho intramolecular Hbond substituents is 3. The Balaban J connectivity index is 1.48. The monoisotopic (exact) mass is 447 g/mol. The quantitative estimate of drug-likeness (QED) is 0.352. The third kappa shape index (κ3) is 6.47. The van der Waals surface area contributed by atoms with Gasteiger partial charge in [0.1, 0.15) is 37.1 Å². The summed E-state index contributed by atoms with van der Waals surface area (Å²) >= 11 is 0. The van der Waals surface area contributed by atoms with Gasteiger partial charge in [0, 0.05) is 0 Å². The molecule has 0 amide bonds. The maximum atomic E-state index is 9.42. The van der Waals surface area contributed by atoms with Gasteiger partial charge in [0.15, 0.2) is 0 Å². The summed E-state index contributed by atoms with van der Waals surface area (Å²) in [5.41, 5.74) is 2.43. The first-order valence-electron chi connectivity index (χ1n) is 10.0. The average molecular weight is 447 g/mol. The lowest BCUT2D eigenvalue weighted by Gasteiger charge is -2.10. The maximum Gasteiger partial charge on any atom is 0.326 e. The highest BCUT2D eigenvalue weighted by molar-refractivity contribution is 5.27. The third-order valence-electron chi connectivity index (χ3n) is 4.49. The van der Waals surface area contributed by atoms with Crippen LogP contribution in [0.2, 0.25) is 0 Å². The zero-order chi connectivity index (χ0) is 23.0. The van der Waals surface area contributed by atoms with Crippen LogP contribution in [0.1, 0.15) is 16.7 Å². The topological polar surface area (TPSA) is 127 Å². The molecule has 9 nitrogen and oxygen atoms in total. The molecule has 9 heteroatoms. The maximum absolute atomic E-state index is 9.42. The molecule has 3 aromatic carbocycles. The third-order valence-corrected chi connectivity index (χ3v) is 4.49. The van der Waals surface area contributed by atoms with Crippen LogP contribution in [0.4, 0.5) is 0 Å². The number of hydrogen-bond acceptors (Lipinski definition) is 9. The Morgan fingerprint density at radius 3 is 0.909 bits per heavy atom. The second-order valence-electron chi connectivity index (χ2n) is 7.05. The van der Waals surface area contributed by atoms with E-state index in [0.717, 1.165) is 16.7 Å². The van der Waals surface area contributed by atoms with E-state index >= 15 is 0 Å².